The number of nitrogens with zero attached hydrogens (tertiary/aromatic N) is 3. The molecule has 6 nitrogen and oxygen atoms in total. The maximum atomic E-state index is 6.21. The number of nitrogen functional groups attached to an aromatic ring is 1. The molecule has 0 amide bonds. The Kier molecular flexibility index (Phi) is 4.24. The van der Waals surface area contributed by atoms with Crippen molar-refractivity contribution in [3.05, 3.63) is 65.4 Å². The number of rotatable bonds is 4. The number of fused-ring (bicyclic) bond motifs is 1. The summed E-state index contributed by atoms with van der Waals surface area (Å²) in [6, 6.07) is 10.0. The van der Waals surface area contributed by atoms with Crippen LogP contribution in [0.5, 0.6) is 0 Å². The molecule has 27 heavy (non-hydrogen) atoms. The van der Waals surface area contributed by atoms with Crippen LogP contribution in [0, 0.1) is 20.8 Å². The molecule has 3 heterocycles. The molecule has 0 spiro atoms. The third-order valence-corrected chi connectivity index (χ3v) is 4.72. The molecule has 0 saturated heterocycles. The van der Waals surface area contributed by atoms with Crippen molar-refractivity contribution in [3.8, 4) is 11.1 Å². The fourth-order valence-electron chi connectivity index (χ4n) is 3.38. The zero-order chi connectivity index (χ0) is 19.0. The van der Waals surface area contributed by atoms with Crippen molar-refractivity contribution in [1.82, 2.24) is 15.1 Å². The summed E-state index contributed by atoms with van der Waals surface area (Å²) in [6.07, 6.45) is 3.47. The summed E-state index contributed by atoms with van der Waals surface area (Å²) in [5.74, 6) is 0.805. The lowest BCUT2D eigenvalue weighted by Gasteiger charge is -2.14. The van der Waals surface area contributed by atoms with Gasteiger partial charge in [0, 0.05) is 17.1 Å². The van der Waals surface area contributed by atoms with Crippen molar-refractivity contribution in [3.63, 3.8) is 0 Å². The highest BCUT2D eigenvalue weighted by molar-refractivity contribution is 5.99. The fourth-order valence-corrected chi connectivity index (χ4v) is 3.38. The Hall–Kier alpha value is -3.41. The van der Waals surface area contributed by atoms with Crippen LogP contribution in [0.4, 0.5) is 11.4 Å². The van der Waals surface area contributed by atoms with Crippen molar-refractivity contribution in [2.24, 2.45) is 0 Å². The number of nitrogens with two attached hydrogens (primary N) is 1. The lowest BCUT2D eigenvalue weighted by atomic mass is 9.96. The van der Waals surface area contributed by atoms with Crippen molar-refractivity contribution < 1.29 is 4.52 Å². The summed E-state index contributed by atoms with van der Waals surface area (Å²) in [6.45, 7) is 6.54. The second-order valence-corrected chi connectivity index (χ2v) is 6.65. The van der Waals surface area contributed by atoms with Gasteiger partial charge < -0.3 is 15.6 Å². The van der Waals surface area contributed by atoms with Gasteiger partial charge in [-0.1, -0.05) is 11.2 Å². The number of nitrogens with one attached hydrogen (secondary N) is 1. The van der Waals surface area contributed by atoms with Crippen LogP contribution in [-0.4, -0.2) is 15.1 Å². The van der Waals surface area contributed by atoms with E-state index in [0.717, 1.165) is 50.4 Å². The van der Waals surface area contributed by atoms with Crippen molar-refractivity contribution >= 4 is 22.3 Å². The normalized spacial score (nSPS) is 11.1. The van der Waals surface area contributed by atoms with Gasteiger partial charge in [0.15, 0.2) is 0 Å². The second kappa shape index (κ2) is 6.72. The van der Waals surface area contributed by atoms with E-state index in [-0.39, 0.29) is 0 Å². The van der Waals surface area contributed by atoms with E-state index in [1.807, 2.05) is 32.0 Å². The van der Waals surface area contributed by atoms with E-state index in [9.17, 15) is 0 Å². The highest BCUT2D eigenvalue weighted by atomic mass is 16.5. The molecule has 4 rings (SSSR count). The summed E-state index contributed by atoms with van der Waals surface area (Å²) in [4.78, 5) is 8.89. The molecule has 3 N–H and O–H groups in total. The first-order chi connectivity index (χ1) is 13.0. The van der Waals surface area contributed by atoms with Gasteiger partial charge in [-0.05, 0) is 56.2 Å². The maximum absolute atomic E-state index is 6.21. The minimum Gasteiger partial charge on any atom is -0.396 e. The molecule has 0 aliphatic rings. The monoisotopic (exact) mass is 359 g/mol. The van der Waals surface area contributed by atoms with Gasteiger partial charge in [-0.15, -0.1) is 0 Å². The Bertz CT molecular complexity index is 1100. The van der Waals surface area contributed by atoms with Crippen LogP contribution >= 0.6 is 0 Å². The van der Waals surface area contributed by atoms with Gasteiger partial charge >= 0.3 is 0 Å². The van der Waals surface area contributed by atoms with Crippen LogP contribution in [-0.2, 0) is 6.54 Å². The van der Waals surface area contributed by atoms with Gasteiger partial charge in [-0.2, -0.15) is 0 Å². The van der Waals surface area contributed by atoms with Gasteiger partial charge in [-0.25, -0.2) is 0 Å². The molecule has 0 unspecified atom stereocenters. The number of pyridine rings is 2. The van der Waals surface area contributed by atoms with E-state index in [1.165, 1.54) is 0 Å². The molecule has 4 aromatic rings. The van der Waals surface area contributed by atoms with E-state index in [1.54, 1.807) is 12.4 Å². The lowest BCUT2D eigenvalue weighted by Crippen LogP contribution is -2.05. The Labute approximate surface area is 157 Å². The minimum atomic E-state index is 0.592. The quantitative estimate of drug-likeness (QED) is 0.561. The average Bonchev–Trinajstić information content (AvgIpc) is 3.00. The number of hydrogen-bond donors (Lipinski definition) is 2. The number of aromatic nitrogens is 3. The summed E-state index contributed by atoms with van der Waals surface area (Å²) in [7, 11) is 0. The van der Waals surface area contributed by atoms with Crippen LogP contribution in [0.3, 0.4) is 0 Å². The molecule has 6 heteroatoms. The molecule has 0 saturated carbocycles. The molecular formula is C21H21N5O. The van der Waals surface area contributed by atoms with E-state index in [2.05, 4.69) is 39.5 Å². The first kappa shape index (κ1) is 17.0. The largest absolute Gasteiger partial charge is 0.396 e. The van der Waals surface area contributed by atoms with E-state index < -0.39 is 0 Å². The first-order valence-electron chi connectivity index (χ1n) is 8.80. The predicted molar refractivity (Wildman–Crippen MR) is 107 cm³/mol. The van der Waals surface area contributed by atoms with E-state index in [4.69, 9.17) is 10.3 Å². The van der Waals surface area contributed by atoms with Crippen molar-refractivity contribution in [2.75, 3.05) is 11.1 Å². The zero-order valence-corrected chi connectivity index (χ0v) is 15.6. The maximum Gasteiger partial charge on any atom is 0.141 e. The molecule has 0 fully saturated rings. The summed E-state index contributed by atoms with van der Waals surface area (Å²) in [5, 5.41) is 8.48. The molecule has 0 aliphatic heterocycles. The van der Waals surface area contributed by atoms with Crippen LogP contribution in [0.25, 0.3) is 22.0 Å². The van der Waals surface area contributed by atoms with Gasteiger partial charge in [0.2, 0.25) is 0 Å². The molecule has 0 aliphatic carbocycles. The Morgan fingerprint density at radius 1 is 1.11 bits per heavy atom. The summed E-state index contributed by atoms with van der Waals surface area (Å²) < 4.78 is 5.34. The smallest absolute Gasteiger partial charge is 0.141 e. The second-order valence-electron chi connectivity index (χ2n) is 6.65. The summed E-state index contributed by atoms with van der Waals surface area (Å²) >= 11 is 0. The molecular weight excluding hydrogens is 338 g/mol. The van der Waals surface area contributed by atoms with E-state index >= 15 is 0 Å². The van der Waals surface area contributed by atoms with Crippen molar-refractivity contribution in [2.45, 2.75) is 27.3 Å². The Balaban J connectivity index is 1.79. The number of anilines is 2. The third kappa shape index (κ3) is 3.10. The van der Waals surface area contributed by atoms with Crippen molar-refractivity contribution in [1.29, 1.82) is 0 Å². The first-order valence-corrected chi connectivity index (χ1v) is 8.80. The lowest BCUT2D eigenvalue weighted by molar-refractivity contribution is 0.393. The molecule has 0 atom stereocenters. The predicted octanol–water partition coefficient (Wildman–Crippen LogP) is 4.40. The number of benzene rings is 1. The number of hydrogen-bond acceptors (Lipinski definition) is 6. The Morgan fingerprint density at radius 2 is 1.96 bits per heavy atom. The van der Waals surface area contributed by atoms with Crippen LogP contribution in [0.1, 0.15) is 22.7 Å². The topological polar surface area (TPSA) is 89.9 Å². The standard InChI is InChI=1S/C21H21N5O/c1-12-8-17-19(9-16(12)20-13(2)26-27-14(20)3)24-11-18(22)21(17)25-10-15-6-4-5-7-23-15/h4-9,11H,10,22H2,1-3H3,(H,24,25). The van der Waals surface area contributed by atoms with E-state index in [0.29, 0.717) is 12.2 Å². The molecule has 1 aromatic carbocycles. The highest BCUT2D eigenvalue weighted by Gasteiger charge is 2.16. The van der Waals surface area contributed by atoms with Crippen LogP contribution in [0.15, 0.2) is 47.2 Å². The van der Waals surface area contributed by atoms with Gasteiger partial charge in [-0.3, -0.25) is 9.97 Å². The van der Waals surface area contributed by atoms with Crippen LogP contribution in [0.2, 0.25) is 0 Å². The fraction of sp³-hybridized carbons (Fsp3) is 0.190. The highest BCUT2D eigenvalue weighted by Crippen LogP contribution is 2.36. The molecule has 0 radical (unpaired) electrons. The minimum absolute atomic E-state index is 0.592. The summed E-state index contributed by atoms with van der Waals surface area (Å²) in [5.41, 5.74) is 13.6. The average molecular weight is 359 g/mol. The molecule has 136 valence electrons. The Morgan fingerprint density at radius 3 is 2.67 bits per heavy atom. The van der Waals surface area contributed by atoms with Crippen LogP contribution < -0.4 is 11.1 Å². The SMILES string of the molecule is Cc1cc2c(NCc3ccccn3)c(N)cnc2cc1-c1c(C)noc1C. The molecule has 3 aromatic heterocycles. The van der Waals surface area contributed by atoms with Gasteiger partial charge in [0.25, 0.3) is 0 Å². The third-order valence-electron chi connectivity index (χ3n) is 4.72. The molecule has 0 bridgehead atoms. The van der Waals surface area contributed by atoms with Gasteiger partial charge in [0.05, 0.1) is 41.0 Å². The zero-order valence-electron chi connectivity index (χ0n) is 15.6. The van der Waals surface area contributed by atoms with Gasteiger partial charge in [0.1, 0.15) is 5.76 Å². The number of aryl methyl sites for hydroxylation is 3.